The molecule has 1 atom stereocenters. The number of carbonyl (C=O) groups is 2. The van der Waals surface area contributed by atoms with Gasteiger partial charge in [0.05, 0.1) is 24.2 Å². The minimum absolute atomic E-state index is 0.0386. The molecule has 0 aromatic heterocycles. The zero-order chi connectivity index (χ0) is 22.4. The van der Waals surface area contributed by atoms with Crippen molar-refractivity contribution in [1.29, 1.82) is 0 Å². The average molecular weight is 473 g/mol. The van der Waals surface area contributed by atoms with Crippen LogP contribution in [0.4, 0.5) is 0 Å². The largest absolute Gasteiger partial charge is 0.466 e. The molecule has 10 heteroatoms. The summed E-state index contributed by atoms with van der Waals surface area (Å²) in [5, 5.41) is 0.0386. The summed E-state index contributed by atoms with van der Waals surface area (Å²) < 4.78 is 38.5. The van der Waals surface area contributed by atoms with E-state index in [0.29, 0.717) is 19.1 Å². The lowest BCUT2D eigenvalue weighted by atomic mass is 10.2. The minimum atomic E-state index is -3.91. The number of esters is 1. The van der Waals surface area contributed by atoms with Gasteiger partial charge in [0.25, 0.3) is 5.91 Å². The highest BCUT2D eigenvalue weighted by Crippen LogP contribution is 2.31. The number of sulfonamides is 1. The molecule has 1 aromatic carbocycles. The second-order valence-corrected chi connectivity index (χ2v) is 10.0. The molecule has 1 saturated carbocycles. The van der Waals surface area contributed by atoms with Crippen LogP contribution in [-0.4, -0.2) is 64.1 Å². The summed E-state index contributed by atoms with van der Waals surface area (Å²) in [6, 6.07) is 4.22. The predicted octanol–water partition coefficient (Wildman–Crippen LogP) is 2.60. The van der Waals surface area contributed by atoms with Crippen molar-refractivity contribution in [2.45, 2.75) is 50.0 Å². The molecule has 1 N–H and O–H groups in total. The van der Waals surface area contributed by atoms with E-state index in [0.717, 1.165) is 25.7 Å². The van der Waals surface area contributed by atoms with Crippen molar-refractivity contribution in [1.82, 2.24) is 9.62 Å². The third-order valence-electron chi connectivity index (χ3n) is 5.35. The number of carbonyl (C=O) groups excluding carboxylic acids is 2. The Hall–Kier alpha value is -1.68. The van der Waals surface area contributed by atoms with Crippen LogP contribution in [0.5, 0.6) is 0 Å². The molecule has 0 radical (unpaired) electrons. The van der Waals surface area contributed by atoms with Crippen LogP contribution in [0.15, 0.2) is 23.1 Å². The fourth-order valence-electron chi connectivity index (χ4n) is 3.46. The van der Waals surface area contributed by atoms with E-state index in [2.05, 4.69) is 4.72 Å². The van der Waals surface area contributed by atoms with Crippen LogP contribution in [-0.2, 0) is 24.3 Å². The van der Waals surface area contributed by atoms with Gasteiger partial charge in [-0.25, -0.2) is 13.1 Å². The van der Waals surface area contributed by atoms with Crippen LogP contribution in [0.2, 0.25) is 5.02 Å². The number of hydrogen-bond donors (Lipinski definition) is 1. The van der Waals surface area contributed by atoms with E-state index >= 15 is 0 Å². The molecule has 1 heterocycles. The summed E-state index contributed by atoms with van der Waals surface area (Å²) in [5.74, 6) is -0.285. The number of hydrogen-bond acceptors (Lipinski definition) is 6. The maximum atomic E-state index is 13.1. The molecule has 1 aliphatic carbocycles. The number of halogens is 1. The van der Waals surface area contributed by atoms with Crippen molar-refractivity contribution in [2.24, 2.45) is 5.92 Å². The zero-order valence-electron chi connectivity index (χ0n) is 17.6. The molecule has 1 amide bonds. The maximum Gasteiger partial charge on any atom is 0.307 e. The van der Waals surface area contributed by atoms with Crippen molar-refractivity contribution in [3.63, 3.8) is 0 Å². The van der Waals surface area contributed by atoms with Gasteiger partial charge in [-0.2, -0.15) is 0 Å². The number of rotatable bonds is 11. The lowest BCUT2D eigenvalue weighted by Crippen LogP contribution is -2.35. The maximum absolute atomic E-state index is 13.1. The second kappa shape index (κ2) is 10.8. The zero-order valence-corrected chi connectivity index (χ0v) is 19.2. The average Bonchev–Trinajstić information content (AvgIpc) is 3.40. The smallest absolute Gasteiger partial charge is 0.307 e. The topological polar surface area (TPSA) is 102 Å². The number of amides is 1. The first-order valence-electron chi connectivity index (χ1n) is 10.7. The summed E-state index contributed by atoms with van der Waals surface area (Å²) in [5.41, 5.74) is 0.214. The van der Waals surface area contributed by atoms with E-state index in [4.69, 9.17) is 21.1 Å². The Kier molecular flexibility index (Phi) is 8.32. The molecule has 1 saturated heterocycles. The highest BCUT2D eigenvalue weighted by Gasteiger charge is 2.29. The Morgan fingerprint density at radius 2 is 2.06 bits per heavy atom. The van der Waals surface area contributed by atoms with Gasteiger partial charge in [0, 0.05) is 31.8 Å². The Bertz CT molecular complexity index is 897. The highest BCUT2D eigenvalue weighted by molar-refractivity contribution is 7.89. The van der Waals surface area contributed by atoms with E-state index in [1.807, 2.05) is 0 Å². The van der Waals surface area contributed by atoms with E-state index in [1.165, 1.54) is 18.2 Å². The molecule has 0 spiro atoms. The quantitative estimate of drug-likeness (QED) is 0.497. The normalized spacial score (nSPS) is 18.7. The molecule has 1 aliphatic heterocycles. The van der Waals surface area contributed by atoms with Crippen LogP contribution in [0.25, 0.3) is 0 Å². The van der Waals surface area contributed by atoms with Gasteiger partial charge in [-0.15, -0.1) is 0 Å². The Balaban J connectivity index is 1.73. The molecule has 31 heavy (non-hydrogen) atoms. The minimum Gasteiger partial charge on any atom is -0.466 e. The van der Waals surface area contributed by atoms with E-state index in [1.54, 1.807) is 11.8 Å². The number of nitrogens with zero attached hydrogens (tertiary/aromatic N) is 1. The molecule has 8 nitrogen and oxygen atoms in total. The SMILES string of the molecule is CCOC(=O)CCN(CC1CC1)C(=O)c1ccc(Cl)c(S(=O)(=O)NCC2CCCO2)c1. The molecule has 0 bridgehead atoms. The summed E-state index contributed by atoms with van der Waals surface area (Å²) >= 11 is 6.16. The van der Waals surface area contributed by atoms with Gasteiger partial charge >= 0.3 is 5.97 Å². The van der Waals surface area contributed by atoms with Gasteiger partial charge in [0.1, 0.15) is 4.90 Å². The van der Waals surface area contributed by atoms with Crippen LogP contribution in [0.1, 0.15) is 49.4 Å². The molecular formula is C21H29ClN2O6S. The van der Waals surface area contributed by atoms with Crippen LogP contribution in [0, 0.1) is 5.92 Å². The third kappa shape index (κ3) is 6.90. The van der Waals surface area contributed by atoms with Crippen molar-refractivity contribution < 1.29 is 27.5 Å². The fraction of sp³-hybridized carbons (Fsp3) is 0.619. The Labute approximate surface area is 188 Å². The van der Waals surface area contributed by atoms with Crippen LogP contribution >= 0.6 is 11.6 Å². The van der Waals surface area contributed by atoms with Gasteiger partial charge in [-0.3, -0.25) is 9.59 Å². The molecule has 1 aromatic rings. The van der Waals surface area contributed by atoms with Crippen molar-refractivity contribution >= 4 is 33.5 Å². The van der Waals surface area contributed by atoms with Gasteiger partial charge in [-0.1, -0.05) is 11.6 Å². The molecule has 3 rings (SSSR count). The number of nitrogens with one attached hydrogen (secondary N) is 1. The first-order chi connectivity index (χ1) is 14.8. The first-order valence-corrected chi connectivity index (χ1v) is 12.5. The van der Waals surface area contributed by atoms with Crippen LogP contribution < -0.4 is 4.72 Å². The lowest BCUT2D eigenvalue weighted by molar-refractivity contribution is -0.143. The van der Waals surface area contributed by atoms with E-state index in [9.17, 15) is 18.0 Å². The Morgan fingerprint density at radius 3 is 2.71 bits per heavy atom. The first kappa shape index (κ1) is 24.0. The monoisotopic (exact) mass is 472 g/mol. The molecular weight excluding hydrogens is 444 g/mol. The molecule has 2 fully saturated rings. The van der Waals surface area contributed by atoms with E-state index < -0.39 is 10.0 Å². The number of ether oxygens (including phenoxy) is 2. The Morgan fingerprint density at radius 1 is 1.29 bits per heavy atom. The van der Waals surface area contributed by atoms with Gasteiger partial charge in [0.2, 0.25) is 10.0 Å². The predicted molar refractivity (Wildman–Crippen MR) is 115 cm³/mol. The molecule has 172 valence electrons. The van der Waals surface area contributed by atoms with Gasteiger partial charge in [0.15, 0.2) is 0 Å². The molecule has 2 aliphatic rings. The number of benzene rings is 1. The van der Waals surface area contributed by atoms with E-state index in [-0.39, 0.29) is 59.6 Å². The van der Waals surface area contributed by atoms with Gasteiger partial charge < -0.3 is 14.4 Å². The summed E-state index contributed by atoms with van der Waals surface area (Å²) in [4.78, 5) is 26.3. The van der Waals surface area contributed by atoms with Crippen molar-refractivity contribution in [2.75, 3.05) is 32.8 Å². The standard InChI is InChI=1S/C21H29ClN2O6S/c1-2-29-20(25)9-10-24(14-15-5-6-15)21(26)16-7-8-18(22)19(12-16)31(27,28)23-13-17-4-3-11-30-17/h7-8,12,15,17,23H,2-6,9-11,13-14H2,1H3. The summed E-state index contributed by atoms with van der Waals surface area (Å²) in [6.07, 6.45) is 3.71. The van der Waals surface area contributed by atoms with Crippen molar-refractivity contribution in [3.05, 3.63) is 28.8 Å². The summed E-state index contributed by atoms with van der Waals surface area (Å²) in [7, 11) is -3.91. The van der Waals surface area contributed by atoms with Gasteiger partial charge in [-0.05, 0) is 56.7 Å². The summed E-state index contributed by atoms with van der Waals surface area (Å²) in [6.45, 7) is 3.54. The van der Waals surface area contributed by atoms with Crippen LogP contribution in [0.3, 0.4) is 0 Å². The molecule has 1 unspecified atom stereocenters. The third-order valence-corrected chi connectivity index (χ3v) is 7.25. The highest BCUT2D eigenvalue weighted by atomic mass is 35.5. The van der Waals surface area contributed by atoms with Crippen molar-refractivity contribution in [3.8, 4) is 0 Å². The fourth-order valence-corrected chi connectivity index (χ4v) is 5.05. The lowest BCUT2D eigenvalue weighted by Gasteiger charge is -2.23. The second-order valence-electron chi connectivity index (χ2n) is 7.88.